The van der Waals surface area contributed by atoms with Gasteiger partial charge >= 0.3 is 0 Å². The lowest BCUT2D eigenvalue weighted by Gasteiger charge is -2.20. The van der Waals surface area contributed by atoms with Crippen LogP contribution < -0.4 is 20.5 Å². The maximum atomic E-state index is 11.9. The van der Waals surface area contributed by atoms with E-state index in [1.165, 1.54) is 12.5 Å². The molecule has 6 heteroatoms. The van der Waals surface area contributed by atoms with E-state index >= 15 is 0 Å². The molecule has 2 aromatic rings. The molecule has 0 saturated heterocycles. The van der Waals surface area contributed by atoms with Gasteiger partial charge in [-0.15, -0.1) is 0 Å². The third kappa shape index (κ3) is 6.58. The van der Waals surface area contributed by atoms with E-state index in [4.69, 9.17) is 20.3 Å². The van der Waals surface area contributed by atoms with Crippen molar-refractivity contribution >= 4 is 11.6 Å². The smallest absolute Gasteiger partial charge is 0.246 e. The number of benzene rings is 2. The third-order valence-electron chi connectivity index (χ3n) is 4.25. The molecule has 2 rings (SSSR count). The number of nitrogens with two attached hydrogens (primary N) is 1. The quantitative estimate of drug-likeness (QED) is 0.558. The summed E-state index contributed by atoms with van der Waals surface area (Å²) in [5, 5.41) is 11.8. The van der Waals surface area contributed by atoms with Gasteiger partial charge in [-0.2, -0.15) is 0 Å². The molecule has 6 nitrogen and oxygen atoms in total. The van der Waals surface area contributed by atoms with Crippen LogP contribution in [0.25, 0.3) is 0 Å². The lowest BCUT2D eigenvalue weighted by atomic mass is 10.0. The molecule has 2 aromatic carbocycles. The first-order valence-corrected chi connectivity index (χ1v) is 9.01. The Bertz CT molecular complexity index is 712. The van der Waals surface area contributed by atoms with Gasteiger partial charge in [-0.3, -0.25) is 4.79 Å². The van der Waals surface area contributed by atoms with E-state index in [2.05, 4.69) is 17.4 Å². The Morgan fingerprint density at radius 1 is 1.07 bits per heavy atom. The average molecular weight is 372 g/mol. The van der Waals surface area contributed by atoms with Crippen LogP contribution in [0.5, 0.6) is 11.5 Å². The summed E-state index contributed by atoms with van der Waals surface area (Å²) in [6.45, 7) is 1.69. The van der Waals surface area contributed by atoms with E-state index in [0.29, 0.717) is 12.3 Å². The molecular weight excluding hydrogens is 344 g/mol. The van der Waals surface area contributed by atoms with Crippen LogP contribution in [0.3, 0.4) is 0 Å². The van der Waals surface area contributed by atoms with Gasteiger partial charge in [0, 0.05) is 5.69 Å². The number of methoxy groups -OCH3 is 1. The van der Waals surface area contributed by atoms with Gasteiger partial charge in [0.15, 0.2) is 0 Å². The van der Waals surface area contributed by atoms with Gasteiger partial charge in [0.1, 0.15) is 17.0 Å². The van der Waals surface area contributed by atoms with Crippen molar-refractivity contribution in [1.29, 1.82) is 0 Å². The van der Waals surface area contributed by atoms with Crippen LogP contribution in [0, 0.1) is 0 Å². The number of carbonyl (C=O) groups is 1. The van der Waals surface area contributed by atoms with Crippen molar-refractivity contribution in [1.82, 2.24) is 0 Å². The largest absolute Gasteiger partial charge is 0.497 e. The monoisotopic (exact) mass is 372 g/mol. The third-order valence-corrected chi connectivity index (χ3v) is 4.25. The molecular formula is C21H28N2O4. The Morgan fingerprint density at radius 3 is 2.30 bits per heavy atom. The number of aliphatic hydroxyl groups is 1. The molecule has 146 valence electrons. The molecule has 0 heterocycles. The predicted octanol–water partition coefficient (Wildman–Crippen LogP) is 2.75. The highest BCUT2D eigenvalue weighted by Crippen LogP contribution is 2.18. The predicted molar refractivity (Wildman–Crippen MR) is 106 cm³/mol. The van der Waals surface area contributed by atoms with Gasteiger partial charge in [-0.1, -0.05) is 12.1 Å². The van der Waals surface area contributed by atoms with E-state index in [1.54, 1.807) is 31.4 Å². The highest BCUT2D eigenvalue weighted by molar-refractivity contribution is 5.97. The van der Waals surface area contributed by atoms with Gasteiger partial charge < -0.3 is 25.6 Å². The van der Waals surface area contributed by atoms with Gasteiger partial charge in [-0.05, 0) is 68.1 Å². The van der Waals surface area contributed by atoms with Crippen LogP contribution in [0.1, 0.15) is 25.3 Å². The maximum absolute atomic E-state index is 11.9. The molecule has 0 radical (unpaired) electrons. The van der Waals surface area contributed by atoms with Crippen molar-refractivity contribution in [2.24, 2.45) is 5.73 Å². The highest BCUT2D eigenvalue weighted by atomic mass is 16.5. The first-order valence-electron chi connectivity index (χ1n) is 9.01. The summed E-state index contributed by atoms with van der Waals surface area (Å²) in [7, 11) is 1.66. The average Bonchev–Trinajstić information content (AvgIpc) is 2.69. The fourth-order valence-electron chi connectivity index (χ4n) is 2.39. The lowest BCUT2D eigenvalue weighted by molar-refractivity contribution is -0.121. The van der Waals surface area contributed by atoms with E-state index in [-0.39, 0.29) is 0 Å². The molecule has 0 unspecified atom stereocenters. The van der Waals surface area contributed by atoms with E-state index in [9.17, 15) is 4.79 Å². The van der Waals surface area contributed by atoms with Crippen molar-refractivity contribution in [3.8, 4) is 11.5 Å². The van der Waals surface area contributed by atoms with Gasteiger partial charge in [0.2, 0.25) is 5.91 Å². The summed E-state index contributed by atoms with van der Waals surface area (Å²) in [6, 6.07) is 15.2. The standard InChI is InChI=1S/C21H28N2O4/c1-21(22,15-24)20(25)23-17-8-12-19(13-9-17)27-14-4-3-5-16-6-10-18(26-2)11-7-16/h6-13,24H,3-5,14-15,22H2,1-2H3,(H,23,25)/t21-/m0/s1. The normalized spacial score (nSPS) is 12.9. The molecule has 1 atom stereocenters. The molecule has 0 spiro atoms. The van der Waals surface area contributed by atoms with Crippen LogP contribution in [0.15, 0.2) is 48.5 Å². The van der Waals surface area contributed by atoms with Crippen molar-refractivity contribution < 1.29 is 19.4 Å². The van der Waals surface area contributed by atoms with Gasteiger partial charge in [0.05, 0.1) is 20.3 Å². The minimum absolute atomic E-state index is 0.420. The SMILES string of the molecule is COc1ccc(CCCCOc2ccc(NC(=O)[C@@](C)(N)CO)cc2)cc1. The lowest BCUT2D eigenvalue weighted by Crippen LogP contribution is -2.51. The summed E-state index contributed by atoms with van der Waals surface area (Å²) in [5.41, 5.74) is 6.28. The van der Waals surface area contributed by atoms with E-state index in [1.807, 2.05) is 12.1 Å². The molecule has 0 aliphatic heterocycles. The highest BCUT2D eigenvalue weighted by Gasteiger charge is 2.27. The fourth-order valence-corrected chi connectivity index (χ4v) is 2.39. The second-order valence-electron chi connectivity index (χ2n) is 6.71. The van der Waals surface area contributed by atoms with E-state index < -0.39 is 18.1 Å². The van der Waals surface area contributed by atoms with Gasteiger partial charge in [0.25, 0.3) is 0 Å². The Morgan fingerprint density at radius 2 is 1.70 bits per heavy atom. The van der Waals surface area contributed by atoms with Crippen LogP contribution in [0.2, 0.25) is 0 Å². The van der Waals surface area contributed by atoms with Crippen LogP contribution in [0.4, 0.5) is 5.69 Å². The molecule has 0 aliphatic rings. The zero-order valence-corrected chi connectivity index (χ0v) is 15.9. The van der Waals surface area contributed by atoms with Gasteiger partial charge in [-0.25, -0.2) is 0 Å². The number of unbranched alkanes of at least 4 members (excludes halogenated alkanes) is 1. The summed E-state index contributed by atoms with van der Waals surface area (Å²) < 4.78 is 10.9. The van der Waals surface area contributed by atoms with Crippen molar-refractivity contribution in [2.75, 3.05) is 25.6 Å². The number of ether oxygens (including phenoxy) is 2. The number of carbonyl (C=O) groups excluding carboxylic acids is 1. The zero-order valence-electron chi connectivity index (χ0n) is 15.9. The van der Waals surface area contributed by atoms with Crippen molar-refractivity contribution in [3.63, 3.8) is 0 Å². The molecule has 1 amide bonds. The Hall–Kier alpha value is -2.57. The maximum Gasteiger partial charge on any atom is 0.246 e. The van der Waals surface area contributed by atoms with Crippen molar-refractivity contribution in [2.45, 2.75) is 31.7 Å². The molecule has 4 N–H and O–H groups in total. The molecule has 0 fully saturated rings. The number of amides is 1. The Labute approximate surface area is 160 Å². The summed E-state index contributed by atoms with van der Waals surface area (Å²) >= 11 is 0. The summed E-state index contributed by atoms with van der Waals surface area (Å²) in [4.78, 5) is 11.9. The minimum Gasteiger partial charge on any atom is -0.497 e. The van der Waals surface area contributed by atoms with E-state index in [0.717, 1.165) is 30.8 Å². The summed E-state index contributed by atoms with van der Waals surface area (Å²) in [6.07, 6.45) is 2.99. The molecule has 27 heavy (non-hydrogen) atoms. The topological polar surface area (TPSA) is 93.8 Å². The minimum atomic E-state index is -1.31. The Balaban J connectivity index is 1.69. The van der Waals surface area contributed by atoms with Crippen LogP contribution >= 0.6 is 0 Å². The number of hydrogen-bond acceptors (Lipinski definition) is 5. The zero-order chi connectivity index (χ0) is 19.7. The number of aryl methyl sites for hydroxylation is 1. The molecule has 0 saturated carbocycles. The first-order chi connectivity index (χ1) is 12.9. The number of anilines is 1. The summed E-state index contributed by atoms with van der Waals surface area (Å²) in [5.74, 6) is 1.18. The fraction of sp³-hybridized carbons (Fsp3) is 0.381. The number of hydrogen-bond donors (Lipinski definition) is 3. The van der Waals surface area contributed by atoms with Crippen molar-refractivity contribution in [3.05, 3.63) is 54.1 Å². The second kappa shape index (κ2) is 9.94. The molecule has 0 bridgehead atoms. The van der Waals surface area contributed by atoms with Crippen LogP contribution in [-0.2, 0) is 11.2 Å². The van der Waals surface area contributed by atoms with Crippen LogP contribution in [-0.4, -0.2) is 36.9 Å². The Kier molecular flexibility index (Phi) is 7.64. The molecule has 0 aliphatic carbocycles. The number of rotatable bonds is 10. The number of aliphatic hydroxyl groups excluding tert-OH is 1. The molecule has 0 aromatic heterocycles. The number of nitrogens with one attached hydrogen (secondary N) is 1. The second-order valence-corrected chi connectivity index (χ2v) is 6.71. The first kappa shape index (κ1) is 20.7.